The predicted octanol–water partition coefficient (Wildman–Crippen LogP) is 14.9. The number of hydrogen-bond donors (Lipinski definition) is 0. The summed E-state index contributed by atoms with van der Waals surface area (Å²) in [6.45, 7) is 0. The van der Waals surface area contributed by atoms with Crippen molar-refractivity contribution in [3.8, 4) is 73.2 Å². The lowest BCUT2D eigenvalue weighted by molar-refractivity contribution is 0.670. The Morgan fingerprint density at radius 3 is 1.37 bits per heavy atom. The number of para-hydroxylation sites is 2. The zero-order chi connectivity index (χ0) is 41.0. The van der Waals surface area contributed by atoms with Crippen molar-refractivity contribution >= 4 is 43.7 Å². The molecular weight excluding hydrogens is 757 g/mol. The maximum absolute atomic E-state index is 6.93. The lowest BCUT2D eigenvalue weighted by Gasteiger charge is -2.12. The van der Waals surface area contributed by atoms with Gasteiger partial charge in [-0.25, -0.2) is 15.0 Å². The van der Waals surface area contributed by atoms with Crippen LogP contribution in [0.4, 0.5) is 0 Å². The van der Waals surface area contributed by atoms with Crippen molar-refractivity contribution in [3.63, 3.8) is 0 Å². The van der Waals surface area contributed by atoms with Gasteiger partial charge in [-0.2, -0.15) is 0 Å². The van der Waals surface area contributed by atoms with Gasteiger partial charge in [-0.05, 0) is 70.3 Å². The fraction of sp³-hybridized carbons (Fsp3) is 0. The Hall–Kier alpha value is -8.41. The van der Waals surface area contributed by atoms with E-state index in [-0.39, 0.29) is 0 Å². The van der Waals surface area contributed by atoms with Gasteiger partial charge in [-0.15, -0.1) is 0 Å². The third kappa shape index (κ3) is 6.06. The molecule has 0 fully saturated rings. The van der Waals surface area contributed by atoms with Gasteiger partial charge in [0.15, 0.2) is 17.5 Å². The zero-order valence-corrected chi connectivity index (χ0v) is 33.5. The molecule has 0 amide bonds. The molecule has 5 nitrogen and oxygen atoms in total. The Balaban J connectivity index is 1.13. The largest absolute Gasteiger partial charge is 0.455 e. The topological polar surface area (TPSA) is 56.7 Å². The SMILES string of the molecule is c1ccc(-c2cccc(-c3nc(-c4cccc(-c5ccccc5)c4)nc(-c4cccc5oc6c(-c7ccccc7)cc(-n7c8ccccc8c8ccccc87)cc6c45)n3)c2)cc1. The molecule has 62 heavy (non-hydrogen) atoms. The third-order valence-electron chi connectivity index (χ3n) is 11.8. The highest BCUT2D eigenvalue weighted by molar-refractivity contribution is 6.16. The molecule has 0 spiro atoms. The molecule has 0 bridgehead atoms. The molecule has 0 saturated heterocycles. The van der Waals surface area contributed by atoms with Gasteiger partial charge in [-0.3, -0.25) is 0 Å². The Kier molecular flexibility index (Phi) is 8.42. The molecule has 3 heterocycles. The van der Waals surface area contributed by atoms with Gasteiger partial charge in [0, 0.05) is 49.5 Å². The Labute approximate surface area is 357 Å². The molecule has 0 aliphatic carbocycles. The quantitative estimate of drug-likeness (QED) is 0.161. The second-order valence-corrected chi connectivity index (χ2v) is 15.6. The number of fused-ring (bicyclic) bond motifs is 6. The van der Waals surface area contributed by atoms with Crippen molar-refractivity contribution < 1.29 is 4.42 Å². The molecule has 3 aromatic heterocycles. The van der Waals surface area contributed by atoms with Gasteiger partial charge in [0.25, 0.3) is 0 Å². The molecule has 5 heteroatoms. The average Bonchev–Trinajstić information content (AvgIpc) is 3.90. The van der Waals surface area contributed by atoms with E-state index < -0.39 is 0 Å². The molecule has 0 unspecified atom stereocenters. The number of rotatable bonds is 7. The lowest BCUT2D eigenvalue weighted by atomic mass is 9.99. The van der Waals surface area contributed by atoms with E-state index in [9.17, 15) is 0 Å². The predicted molar refractivity (Wildman–Crippen MR) is 254 cm³/mol. The summed E-state index contributed by atoms with van der Waals surface area (Å²) >= 11 is 0. The molecule has 9 aromatic carbocycles. The van der Waals surface area contributed by atoms with E-state index in [1.807, 2.05) is 24.3 Å². The Morgan fingerprint density at radius 1 is 0.323 bits per heavy atom. The molecule has 0 N–H and O–H groups in total. The van der Waals surface area contributed by atoms with Crippen LogP contribution in [0.1, 0.15) is 0 Å². The third-order valence-corrected chi connectivity index (χ3v) is 11.8. The monoisotopic (exact) mass is 792 g/mol. The van der Waals surface area contributed by atoms with Crippen molar-refractivity contribution in [1.29, 1.82) is 0 Å². The molecule has 0 saturated carbocycles. The van der Waals surface area contributed by atoms with Crippen molar-refractivity contribution in [3.05, 3.63) is 218 Å². The molecular formula is C57H36N4O. The highest BCUT2D eigenvalue weighted by atomic mass is 16.3. The first-order valence-corrected chi connectivity index (χ1v) is 20.8. The molecule has 0 aliphatic rings. The van der Waals surface area contributed by atoms with Crippen molar-refractivity contribution in [2.45, 2.75) is 0 Å². The van der Waals surface area contributed by atoms with Crippen LogP contribution in [0.25, 0.3) is 117 Å². The lowest BCUT2D eigenvalue weighted by Crippen LogP contribution is -2.01. The first-order valence-electron chi connectivity index (χ1n) is 20.8. The minimum atomic E-state index is 0.567. The zero-order valence-electron chi connectivity index (χ0n) is 33.5. The first kappa shape index (κ1) is 35.5. The van der Waals surface area contributed by atoms with Crippen LogP contribution < -0.4 is 0 Å². The van der Waals surface area contributed by atoms with Crippen LogP contribution in [0.3, 0.4) is 0 Å². The van der Waals surface area contributed by atoms with Crippen LogP contribution >= 0.6 is 0 Å². The summed E-state index contributed by atoms with van der Waals surface area (Å²) in [5.41, 5.74) is 14.1. The summed E-state index contributed by atoms with van der Waals surface area (Å²) in [6, 6.07) is 76.2. The minimum Gasteiger partial charge on any atom is -0.455 e. The Morgan fingerprint density at radius 2 is 0.790 bits per heavy atom. The summed E-state index contributed by atoms with van der Waals surface area (Å²) in [7, 11) is 0. The van der Waals surface area contributed by atoms with E-state index in [1.54, 1.807) is 0 Å². The van der Waals surface area contributed by atoms with Crippen LogP contribution in [0.2, 0.25) is 0 Å². The maximum Gasteiger partial charge on any atom is 0.164 e. The fourth-order valence-corrected chi connectivity index (χ4v) is 8.95. The summed E-state index contributed by atoms with van der Waals surface area (Å²) in [4.78, 5) is 15.8. The smallest absolute Gasteiger partial charge is 0.164 e. The second-order valence-electron chi connectivity index (χ2n) is 15.6. The molecule has 0 atom stereocenters. The molecule has 12 aromatic rings. The highest BCUT2D eigenvalue weighted by Crippen LogP contribution is 2.43. The number of furan rings is 1. The van der Waals surface area contributed by atoms with E-state index in [2.05, 4.69) is 199 Å². The Bertz CT molecular complexity index is 3470. The van der Waals surface area contributed by atoms with E-state index in [0.717, 1.165) is 88.7 Å². The summed E-state index contributed by atoms with van der Waals surface area (Å²) in [5.74, 6) is 1.75. The van der Waals surface area contributed by atoms with Gasteiger partial charge >= 0.3 is 0 Å². The van der Waals surface area contributed by atoms with Crippen molar-refractivity contribution in [2.75, 3.05) is 0 Å². The summed E-state index contributed by atoms with van der Waals surface area (Å²) < 4.78 is 9.30. The standard InChI is InChI=1S/C57H36N4O/c1-4-17-37(18-5-1)40-23-14-25-42(33-40)55-58-56(43-26-15-24-41(34-43)38-19-6-2-7-20-38)60-57(59-55)47-29-16-32-52-53(47)49-36-44(35-48(54(49)62-52)39-21-8-3-9-22-39)61-50-30-12-10-27-45(50)46-28-11-13-31-51(46)61/h1-36H. The molecule has 0 aliphatic heterocycles. The minimum absolute atomic E-state index is 0.567. The molecule has 290 valence electrons. The number of hydrogen-bond acceptors (Lipinski definition) is 4. The summed E-state index contributed by atoms with van der Waals surface area (Å²) in [6.07, 6.45) is 0. The van der Waals surface area contributed by atoms with Gasteiger partial charge < -0.3 is 8.98 Å². The van der Waals surface area contributed by atoms with E-state index in [1.165, 1.54) is 10.8 Å². The van der Waals surface area contributed by atoms with Crippen LogP contribution in [-0.2, 0) is 0 Å². The summed E-state index contributed by atoms with van der Waals surface area (Å²) in [5, 5.41) is 4.34. The average molecular weight is 793 g/mol. The van der Waals surface area contributed by atoms with Gasteiger partial charge in [-0.1, -0.05) is 176 Å². The maximum atomic E-state index is 6.93. The molecule has 0 radical (unpaired) electrons. The normalized spacial score (nSPS) is 11.5. The number of aromatic nitrogens is 4. The first-order chi connectivity index (χ1) is 30.7. The van der Waals surface area contributed by atoms with Crippen LogP contribution in [-0.4, -0.2) is 19.5 Å². The van der Waals surface area contributed by atoms with Gasteiger partial charge in [0.05, 0.1) is 11.0 Å². The van der Waals surface area contributed by atoms with Crippen molar-refractivity contribution in [2.24, 2.45) is 0 Å². The van der Waals surface area contributed by atoms with E-state index in [4.69, 9.17) is 19.4 Å². The van der Waals surface area contributed by atoms with Crippen LogP contribution in [0, 0.1) is 0 Å². The fourth-order valence-electron chi connectivity index (χ4n) is 8.95. The second kappa shape index (κ2) is 14.7. The number of nitrogens with zero attached hydrogens (tertiary/aromatic N) is 4. The van der Waals surface area contributed by atoms with Crippen molar-refractivity contribution in [1.82, 2.24) is 19.5 Å². The van der Waals surface area contributed by atoms with Crippen LogP contribution in [0.15, 0.2) is 223 Å². The number of benzene rings is 9. The van der Waals surface area contributed by atoms with E-state index >= 15 is 0 Å². The van der Waals surface area contributed by atoms with Gasteiger partial charge in [0.1, 0.15) is 11.2 Å². The van der Waals surface area contributed by atoms with E-state index in [0.29, 0.717) is 17.5 Å². The van der Waals surface area contributed by atoms with Gasteiger partial charge in [0.2, 0.25) is 0 Å². The molecule has 12 rings (SSSR count). The highest BCUT2D eigenvalue weighted by Gasteiger charge is 2.22. The van der Waals surface area contributed by atoms with Crippen LogP contribution in [0.5, 0.6) is 0 Å².